The van der Waals surface area contributed by atoms with Gasteiger partial charge in [0.1, 0.15) is 6.10 Å². The predicted molar refractivity (Wildman–Crippen MR) is 174 cm³/mol. The summed E-state index contributed by atoms with van der Waals surface area (Å²) in [7, 11) is 0. The topological polar surface area (TPSA) is 109 Å². The second-order valence-corrected chi connectivity index (χ2v) is 19.0. The van der Waals surface area contributed by atoms with E-state index < -0.39 is 23.9 Å². The average Bonchev–Trinajstić information content (AvgIpc) is 3.62. The van der Waals surface area contributed by atoms with Crippen LogP contribution in [0.3, 0.4) is 0 Å². The lowest BCUT2D eigenvalue weighted by Crippen LogP contribution is -2.60. The first-order valence-electron chi connectivity index (χ1n) is 18.6. The van der Waals surface area contributed by atoms with Gasteiger partial charge in [0.05, 0.1) is 43.2 Å². The van der Waals surface area contributed by atoms with Gasteiger partial charge in [0.15, 0.2) is 6.29 Å². The van der Waals surface area contributed by atoms with Gasteiger partial charge >= 0.3 is 0 Å². The van der Waals surface area contributed by atoms with Crippen molar-refractivity contribution in [3.8, 4) is 0 Å². The zero-order chi connectivity index (χ0) is 33.4. The number of hydrogen-bond acceptors (Lipinski definition) is 7. The smallest absolute Gasteiger partial charge is 0.225 e. The molecule has 1 amide bonds. The van der Waals surface area contributed by atoms with Gasteiger partial charge in [-0.25, -0.2) is 0 Å². The van der Waals surface area contributed by atoms with Crippen molar-refractivity contribution in [3.63, 3.8) is 0 Å². The molecule has 0 radical (unpaired) electrons. The van der Waals surface area contributed by atoms with E-state index in [4.69, 9.17) is 14.2 Å². The van der Waals surface area contributed by atoms with Crippen LogP contribution in [0.5, 0.6) is 0 Å². The first-order valence-corrected chi connectivity index (χ1v) is 18.6. The summed E-state index contributed by atoms with van der Waals surface area (Å²) in [5.41, 5.74) is -1.04. The van der Waals surface area contributed by atoms with Crippen LogP contribution in [-0.2, 0) is 19.0 Å². The lowest BCUT2D eigenvalue weighted by molar-refractivity contribution is -0.248. The van der Waals surface area contributed by atoms with Gasteiger partial charge in [-0.05, 0) is 111 Å². The SMILES string of the molecule is CC(C)C(=O)N1CCO[C@@H](OC2CC[C@]34C[C@]35CC[C@]3(C)[C@@H]6C(OC([C@H](O)C(C)(C)O)C[C@H]6C)[C@H](O)[C@@]3(C)C5CC[C@H]4C2(C)C)C1. The summed E-state index contributed by atoms with van der Waals surface area (Å²) in [5.74, 6) is 1.68. The van der Waals surface area contributed by atoms with E-state index in [1.165, 1.54) is 12.8 Å². The Hall–Kier alpha value is -0.770. The van der Waals surface area contributed by atoms with Gasteiger partial charge in [0.25, 0.3) is 0 Å². The Bertz CT molecular complexity index is 1220. The lowest BCUT2D eigenvalue weighted by Gasteiger charge is -2.64. The lowest BCUT2D eigenvalue weighted by atomic mass is 9.41. The molecule has 2 saturated heterocycles. The van der Waals surface area contributed by atoms with Crippen molar-refractivity contribution < 1.29 is 34.3 Å². The highest BCUT2D eigenvalue weighted by molar-refractivity contribution is 5.78. The summed E-state index contributed by atoms with van der Waals surface area (Å²) in [6.45, 7) is 20.9. The molecular weight excluding hydrogens is 582 g/mol. The highest BCUT2D eigenvalue weighted by atomic mass is 16.7. The molecule has 262 valence electrons. The fourth-order valence-corrected chi connectivity index (χ4v) is 13.7. The molecule has 7 aliphatic rings. The Kier molecular flexibility index (Phi) is 7.78. The van der Waals surface area contributed by atoms with Crippen LogP contribution >= 0.6 is 0 Å². The van der Waals surface area contributed by atoms with Gasteiger partial charge in [0, 0.05) is 17.9 Å². The number of carbonyl (C=O) groups excluding carboxylic acids is 1. The van der Waals surface area contributed by atoms with Gasteiger partial charge in [-0.3, -0.25) is 4.79 Å². The van der Waals surface area contributed by atoms with Crippen LogP contribution in [0.25, 0.3) is 0 Å². The highest BCUT2D eigenvalue weighted by Gasteiger charge is 2.84. The van der Waals surface area contributed by atoms with Crippen molar-refractivity contribution in [2.24, 2.45) is 56.7 Å². The molecule has 0 aromatic carbocycles. The summed E-state index contributed by atoms with van der Waals surface area (Å²) in [6.07, 6.45) is 6.06. The zero-order valence-corrected chi connectivity index (χ0v) is 30.1. The third-order valence-corrected chi connectivity index (χ3v) is 16.0. The van der Waals surface area contributed by atoms with Crippen molar-refractivity contribution in [2.75, 3.05) is 19.7 Å². The fourth-order valence-electron chi connectivity index (χ4n) is 13.7. The van der Waals surface area contributed by atoms with Crippen LogP contribution < -0.4 is 0 Å². The normalized spacial score (nSPS) is 51.8. The molecule has 0 aromatic rings. The Labute approximate surface area is 277 Å². The first-order chi connectivity index (χ1) is 21.3. The number of aliphatic hydroxyl groups excluding tert-OH is 2. The Morgan fingerprint density at radius 3 is 2.37 bits per heavy atom. The molecule has 0 aromatic heterocycles. The minimum Gasteiger partial charge on any atom is -0.390 e. The monoisotopic (exact) mass is 645 g/mol. The number of rotatable bonds is 5. The predicted octanol–water partition coefficient (Wildman–Crippen LogP) is 5.16. The summed E-state index contributed by atoms with van der Waals surface area (Å²) in [4.78, 5) is 14.7. The van der Waals surface area contributed by atoms with Crippen molar-refractivity contribution in [2.45, 2.75) is 156 Å². The summed E-state index contributed by atoms with van der Waals surface area (Å²) in [5, 5.41) is 34.1. The second kappa shape index (κ2) is 10.6. The standard InChI is InChI=1S/C38H63NO7/c1-21(2)32(42)39-16-17-44-27(19-39)46-26-12-13-37-20-38(37)15-14-35(8)28-22(3)18-23(30(40)34(6,7)43)45-29(28)31(41)36(35,9)25(38)11-10-24(37)33(26,4)5/h21-31,40-41,43H,10-20H2,1-9H3/t22-,23?,24+,25?,26?,27+,28+,29?,30+,31+,35-,36-,37-,38+/m1/s1. The van der Waals surface area contributed by atoms with E-state index in [9.17, 15) is 20.1 Å². The van der Waals surface area contributed by atoms with Gasteiger partial charge in [-0.2, -0.15) is 0 Å². The quantitative estimate of drug-likeness (QED) is 0.379. The van der Waals surface area contributed by atoms with Crippen LogP contribution in [-0.4, -0.2) is 88.2 Å². The number of nitrogens with zero attached hydrogens (tertiary/aromatic N) is 1. The van der Waals surface area contributed by atoms with Crippen molar-refractivity contribution >= 4 is 5.91 Å². The number of hydrogen-bond donors (Lipinski definition) is 3. The second-order valence-electron chi connectivity index (χ2n) is 19.0. The molecule has 8 nitrogen and oxygen atoms in total. The number of ether oxygens (including phenoxy) is 3. The number of carbonyl (C=O) groups is 1. The number of amides is 1. The van der Waals surface area contributed by atoms with E-state index in [0.29, 0.717) is 43.9 Å². The third kappa shape index (κ3) is 4.34. The number of fused-ring (bicyclic) bond motifs is 4. The molecule has 3 N–H and O–H groups in total. The molecule has 46 heavy (non-hydrogen) atoms. The van der Waals surface area contributed by atoms with E-state index in [1.807, 2.05) is 18.7 Å². The third-order valence-electron chi connectivity index (χ3n) is 16.0. The van der Waals surface area contributed by atoms with Crippen LogP contribution in [0.15, 0.2) is 0 Å². The molecule has 4 unspecified atom stereocenters. The molecule has 7 rings (SSSR count). The van der Waals surface area contributed by atoms with Crippen LogP contribution in [0.2, 0.25) is 0 Å². The minimum atomic E-state index is -1.26. The van der Waals surface area contributed by atoms with Crippen LogP contribution in [0.1, 0.15) is 114 Å². The molecule has 2 aliphatic heterocycles. The summed E-state index contributed by atoms with van der Waals surface area (Å²) >= 11 is 0. The molecule has 5 aliphatic carbocycles. The van der Waals surface area contributed by atoms with E-state index in [1.54, 1.807) is 13.8 Å². The van der Waals surface area contributed by atoms with Crippen molar-refractivity contribution in [1.29, 1.82) is 0 Å². The zero-order valence-electron chi connectivity index (χ0n) is 30.1. The molecule has 0 bridgehead atoms. The Balaban J connectivity index is 1.11. The molecule has 8 heteroatoms. The maximum atomic E-state index is 12.7. The Morgan fingerprint density at radius 2 is 1.70 bits per heavy atom. The van der Waals surface area contributed by atoms with E-state index in [2.05, 4.69) is 34.6 Å². The van der Waals surface area contributed by atoms with Gasteiger partial charge < -0.3 is 34.4 Å². The molecule has 7 fully saturated rings. The van der Waals surface area contributed by atoms with Crippen molar-refractivity contribution in [1.82, 2.24) is 4.90 Å². The molecule has 2 spiro atoms. The summed E-state index contributed by atoms with van der Waals surface area (Å²) in [6, 6.07) is 0. The highest BCUT2D eigenvalue weighted by Crippen LogP contribution is 2.89. The summed E-state index contributed by atoms with van der Waals surface area (Å²) < 4.78 is 19.6. The average molecular weight is 646 g/mol. The molecule has 14 atom stereocenters. The van der Waals surface area contributed by atoms with Crippen LogP contribution in [0.4, 0.5) is 0 Å². The van der Waals surface area contributed by atoms with Gasteiger partial charge in [0.2, 0.25) is 5.91 Å². The van der Waals surface area contributed by atoms with Crippen molar-refractivity contribution in [3.05, 3.63) is 0 Å². The van der Waals surface area contributed by atoms with E-state index in [-0.39, 0.29) is 63.3 Å². The maximum Gasteiger partial charge on any atom is 0.225 e. The van der Waals surface area contributed by atoms with E-state index >= 15 is 0 Å². The fraction of sp³-hybridized carbons (Fsp3) is 0.974. The first kappa shape index (κ1) is 33.7. The largest absolute Gasteiger partial charge is 0.390 e. The number of aliphatic hydroxyl groups is 3. The maximum absolute atomic E-state index is 12.7. The van der Waals surface area contributed by atoms with Gasteiger partial charge in [-0.15, -0.1) is 0 Å². The molecule has 2 heterocycles. The Morgan fingerprint density at radius 1 is 1.02 bits per heavy atom. The van der Waals surface area contributed by atoms with Gasteiger partial charge in [-0.1, -0.05) is 48.5 Å². The molecular formula is C38H63NO7. The molecule has 5 saturated carbocycles. The minimum absolute atomic E-state index is 0.0115. The van der Waals surface area contributed by atoms with E-state index in [0.717, 1.165) is 32.1 Å². The number of morpholine rings is 1. The van der Waals surface area contributed by atoms with Crippen LogP contribution in [0, 0.1) is 56.7 Å².